The second-order valence-electron chi connectivity index (χ2n) is 7.21. The van der Waals surface area contributed by atoms with Gasteiger partial charge in [0.15, 0.2) is 0 Å². The molecule has 2 aromatic carbocycles. The summed E-state index contributed by atoms with van der Waals surface area (Å²) in [4.78, 5) is 14.5. The Hall–Kier alpha value is -2.00. The highest BCUT2D eigenvalue weighted by molar-refractivity contribution is 7.89. The van der Waals surface area contributed by atoms with Crippen LogP contribution in [0.25, 0.3) is 0 Å². The molecule has 0 atom stereocenters. The zero-order valence-electron chi connectivity index (χ0n) is 16.9. The monoisotopic (exact) mass is 455 g/mol. The lowest BCUT2D eigenvalue weighted by molar-refractivity contribution is -0.120. The normalized spacial score (nSPS) is 15.4. The average molecular weight is 456 g/mol. The van der Waals surface area contributed by atoms with Gasteiger partial charge in [-0.3, -0.25) is 9.69 Å². The van der Waals surface area contributed by atoms with Crippen molar-refractivity contribution in [3.8, 4) is 0 Å². The van der Waals surface area contributed by atoms with Crippen molar-refractivity contribution in [3.05, 3.63) is 65.5 Å². The average Bonchev–Trinajstić information content (AvgIpc) is 2.70. The maximum Gasteiger partial charge on any atom is 0.243 e. The Kier molecular flexibility index (Phi) is 8.78. The molecular formula is C21H27ClFN3O3S. The smallest absolute Gasteiger partial charge is 0.243 e. The maximum absolute atomic E-state index is 12.9. The van der Waals surface area contributed by atoms with Crippen LogP contribution in [0.15, 0.2) is 53.4 Å². The predicted molar refractivity (Wildman–Crippen MR) is 117 cm³/mol. The van der Waals surface area contributed by atoms with Gasteiger partial charge in [0, 0.05) is 39.3 Å². The molecule has 9 heteroatoms. The van der Waals surface area contributed by atoms with Gasteiger partial charge in [-0.25, -0.2) is 12.8 Å². The Morgan fingerprint density at radius 3 is 2.20 bits per heavy atom. The standard InChI is InChI=1S/C21H26FN3O3S.ClH/c1-17-2-8-20(9-3-17)29(27,28)25-14-12-24(13-15-25)11-10-23-21(26)16-18-4-6-19(22)7-5-18;/h2-9H,10-16H2,1H3,(H,23,26);1H. The van der Waals surface area contributed by atoms with E-state index in [4.69, 9.17) is 0 Å². The molecule has 0 unspecified atom stereocenters. The van der Waals surface area contributed by atoms with Crippen molar-refractivity contribution in [2.75, 3.05) is 39.3 Å². The lowest BCUT2D eigenvalue weighted by Gasteiger charge is -2.34. The highest BCUT2D eigenvalue weighted by Gasteiger charge is 2.28. The number of hydrogen-bond donors (Lipinski definition) is 1. The number of nitrogens with one attached hydrogen (secondary N) is 1. The molecule has 2 aromatic rings. The predicted octanol–water partition coefficient (Wildman–Crippen LogP) is 2.22. The molecule has 0 bridgehead atoms. The van der Waals surface area contributed by atoms with Gasteiger partial charge in [-0.1, -0.05) is 29.8 Å². The summed E-state index contributed by atoms with van der Waals surface area (Å²) in [6, 6.07) is 12.8. The number of carbonyl (C=O) groups is 1. The van der Waals surface area contributed by atoms with Crippen LogP contribution >= 0.6 is 12.4 Å². The topological polar surface area (TPSA) is 69.7 Å². The van der Waals surface area contributed by atoms with Crippen molar-refractivity contribution < 1.29 is 17.6 Å². The molecule has 1 N–H and O–H groups in total. The molecule has 1 fully saturated rings. The summed E-state index contributed by atoms with van der Waals surface area (Å²) >= 11 is 0. The van der Waals surface area contributed by atoms with Crippen molar-refractivity contribution in [1.82, 2.24) is 14.5 Å². The van der Waals surface area contributed by atoms with Crippen LogP contribution in [0.4, 0.5) is 4.39 Å². The van der Waals surface area contributed by atoms with Gasteiger partial charge in [0.05, 0.1) is 11.3 Å². The van der Waals surface area contributed by atoms with Crippen molar-refractivity contribution >= 4 is 28.3 Å². The summed E-state index contributed by atoms with van der Waals surface area (Å²) in [6.07, 6.45) is 0.211. The Labute approximate surface area is 183 Å². The number of piperazine rings is 1. The van der Waals surface area contributed by atoms with Gasteiger partial charge in [0.2, 0.25) is 15.9 Å². The second kappa shape index (κ2) is 10.9. The summed E-state index contributed by atoms with van der Waals surface area (Å²) < 4.78 is 39.9. The highest BCUT2D eigenvalue weighted by Crippen LogP contribution is 2.18. The molecule has 6 nitrogen and oxygen atoms in total. The molecule has 30 heavy (non-hydrogen) atoms. The third-order valence-electron chi connectivity index (χ3n) is 5.02. The van der Waals surface area contributed by atoms with E-state index in [1.54, 1.807) is 36.4 Å². The molecule has 0 spiro atoms. The summed E-state index contributed by atoms with van der Waals surface area (Å²) in [5.41, 5.74) is 1.79. The van der Waals surface area contributed by atoms with E-state index in [9.17, 15) is 17.6 Å². The van der Waals surface area contributed by atoms with Crippen LogP contribution in [-0.4, -0.2) is 62.8 Å². The number of hydrogen-bond acceptors (Lipinski definition) is 4. The molecule has 3 rings (SSSR count). The van der Waals surface area contributed by atoms with Gasteiger partial charge in [-0.15, -0.1) is 12.4 Å². The number of carbonyl (C=O) groups excluding carboxylic acids is 1. The van der Waals surface area contributed by atoms with Crippen LogP contribution in [0, 0.1) is 12.7 Å². The van der Waals surface area contributed by atoms with E-state index in [-0.39, 0.29) is 30.6 Å². The Balaban J connectivity index is 0.00000320. The minimum atomic E-state index is -3.46. The highest BCUT2D eigenvalue weighted by atomic mass is 35.5. The first kappa shape index (κ1) is 24.3. The number of benzene rings is 2. The van der Waals surface area contributed by atoms with E-state index in [1.807, 2.05) is 6.92 Å². The third-order valence-corrected chi connectivity index (χ3v) is 6.93. The van der Waals surface area contributed by atoms with Crippen molar-refractivity contribution in [3.63, 3.8) is 0 Å². The first-order valence-corrected chi connectivity index (χ1v) is 11.1. The van der Waals surface area contributed by atoms with Gasteiger partial charge in [-0.05, 0) is 36.8 Å². The molecule has 0 aromatic heterocycles. The number of nitrogens with zero attached hydrogens (tertiary/aromatic N) is 2. The molecule has 1 aliphatic rings. The molecule has 164 valence electrons. The van der Waals surface area contributed by atoms with Crippen LogP contribution in [0.1, 0.15) is 11.1 Å². The third kappa shape index (κ3) is 6.50. The quantitative estimate of drug-likeness (QED) is 0.695. The molecule has 0 saturated carbocycles. The van der Waals surface area contributed by atoms with E-state index >= 15 is 0 Å². The zero-order chi connectivity index (χ0) is 20.9. The van der Waals surface area contributed by atoms with E-state index in [0.717, 1.165) is 11.1 Å². The maximum atomic E-state index is 12.9. The van der Waals surface area contributed by atoms with Gasteiger partial charge >= 0.3 is 0 Å². The molecular weight excluding hydrogens is 429 g/mol. The van der Waals surface area contributed by atoms with Crippen LogP contribution in [-0.2, 0) is 21.2 Å². The largest absolute Gasteiger partial charge is 0.355 e. The fourth-order valence-electron chi connectivity index (χ4n) is 3.26. The van der Waals surface area contributed by atoms with E-state index in [0.29, 0.717) is 44.2 Å². The van der Waals surface area contributed by atoms with Crippen LogP contribution < -0.4 is 5.32 Å². The second-order valence-corrected chi connectivity index (χ2v) is 9.15. The fourth-order valence-corrected chi connectivity index (χ4v) is 4.68. The molecule has 1 heterocycles. The van der Waals surface area contributed by atoms with Gasteiger partial charge in [0.1, 0.15) is 5.82 Å². The molecule has 1 aliphatic heterocycles. The molecule has 0 radical (unpaired) electrons. The lowest BCUT2D eigenvalue weighted by atomic mass is 10.1. The van der Waals surface area contributed by atoms with Crippen LogP contribution in [0.2, 0.25) is 0 Å². The fraction of sp³-hybridized carbons (Fsp3) is 0.381. The summed E-state index contributed by atoms with van der Waals surface area (Å²) in [6.45, 7) is 5.18. The van der Waals surface area contributed by atoms with Gasteiger partial charge < -0.3 is 5.32 Å². The minimum absolute atomic E-state index is 0. The Bertz CT molecular complexity index is 929. The summed E-state index contributed by atoms with van der Waals surface area (Å²) in [5.74, 6) is -0.435. The number of sulfonamides is 1. The van der Waals surface area contributed by atoms with Gasteiger partial charge in [-0.2, -0.15) is 4.31 Å². The minimum Gasteiger partial charge on any atom is -0.355 e. The SMILES string of the molecule is Cc1ccc(S(=O)(=O)N2CCN(CCNC(=O)Cc3ccc(F)cc3)CC2)cc1.Cl. The number of aryl methyl sites for hydroxylation is 1. The van der Waals surface area contributed by atoms with Crippen molar-refractivity contribution in [1.29, 1.82) is 0 Å². The van der Waals surface area contributed by atoms with Crippen LogP contribution in [0.5, 0.6) is 0 Å². The lowest BCUT2D eigenvalue weighted by Crippen LogP contribution is -2.50. The first-order chi connectivity index (χ1) is 13.8. The van der Waals surface area contributed by atoms with Gasteiger partial charge in [0.25, 0.3) is 0 Å². The molecule has 0 aliphatic carbocycles. The number of amides is 1. The first-order valence-electron chi connectivity index (χ1n) is 9.65. The molecule has 1 amide bonds. The Morgan fingerprint density at radius 1 is 1.00 bits per heavy atom. The van der Waals surface area contributed by atoms with E-state index in [2.05, 4.69) is 10.2 Å². The van der Waals surface area contributed by atoms with Crippen LogP contribution in [0.3, 0.4) is 0 Å². The summed E-state index contributed by atoms with van der Waals surface area (Å²) in [7, 11) is -3.46. The number of halogens is 2. The van der Waals surface area contributed by atoms with E-state index < -0.39 is 10.0 Å². The van der Waals surface area contributed by atoms with Crippen molar-refractivity contribution in [2.45, 2.75) is 18.2 Å². The zero-order valence-corrected chi connectivity index (χ0v) is 18.5. The summed E-state index contributed by atoms with van der Waals surface area (Å²) in [5, 5.41) is 2.86. The van der Waals surface area contributed by atoms with E-state index in [1.165, 1.54) is 16.4 Å². The molecule has 1 saturated heterocycles. The Morgan fingerprint density at radius 2 is 1.60 bits per heavy atom. The van der Waals surface area contributed by atoms with Crippen molar-refractivity contribution in [2.24, 2.45) is 0 Å². The number of rotatable bonds is 7.